The third-order valence-corrected chi connectivity index (χ3v) is 9.48. The number of esters is 1. The van der Waals surface area contributed by atoms with Crippen molar-refractivity contribution in [3.05, 3.63) is 0 Å². The van der Waals surface area contributed by atoms with Crippen molar-refractivity contribution in [2.75, 3.05) is 0 Å². The van der Waals surface area contributed by atoms with Crippen molar-refractivity contribution in [3.8, 4) is 0 Å². The van der Waals surface area contributed by atoms with Crippen LogP contribution in [0.4, 0.5) is 0 Å². The van der Waals surface area contributed by atoms with E-state index in [1.165, 1.54) is 57.8 Å². The van der Waals surface area contributed by atoms with E-state index in [1.807, 2.05) is 6.92 Å². The van der Waals surface area contributed by atoms with Crippen molar-refractivity contribution in [1.82, 2.24) is 0 Å². The van der Waals surface area contributed by atoms with Crippen molar-refractivity contribution < 1.29 is 34.7 Å². The third-order valence-electron chi connectivity index (χ3n) is 9.48. The zero-order valence-electron chi connectivity index (χ0n) is 27.1. The second-order valence-electron chi connectivity index (χ2n) is 13.5. The Hall–Kier alpha value is -0.730. The Bertz CT molecular complexity index is 674. The molecule has 8 unspecified atom stereocenters. The number of ether oxygens (including phenoxy) is 2. The predicted octanol–water partition coefficient (Wildman–Crippen LogP) is 7.14. The summed E-state index contributed by atoms with van der Waals surface area (Å²) >= 11 is 0. The smallest absolute Gasteiger partial charge is 0.309 e. The van der Waals surface area contributed by atoms with Gasteiger partial charge in [0, 0.05) is 0 Å². The molecule has 0 aliphatic carbocycles. The molecule has 8 atom stereocenters. The lowest BCUT2D eigenvalue weighted by atomic mass is 9.95. The summed E-state index contributed by atoms with van der Waals surface area (Å²) in [6.45, 7) is 4.14. The quantitative estimate of drug-likeness (QED) is 0.0618. The summed E-state index contributed by atoms with van der Waals surface area (Å²) < 4.78 is 11.2. The van der Waals surface area contributed by atoms with Crippen molar-refractivity contribution in [1.29, 1.82) is 0 Å². The van der Waals surface area contributed by atoms with Gasteiger partial charge in [-0.25, -0.2) is 0 Å². The molecule has 0 bridgehead atoms. The molecular formula is C35H66O7. The third kappa shape index (κ3) is 16.4. The van der Waals surface area contributed by atoms with Gasteiger partial charge in [0.15, 0.2) is 0 Å². The fraction of sp³-hybridized carbons (Fsp3) is 0.971. The lowest BCUT2D eigenvalue weighted by Crippen LogP contribution is -2.31. The molecule has 7 heteroatoms. The maximum atomic E-state index is 11.7. The number of aliphatic hydroxyl groups excluding tert-OH is 4. The van der Waals surface area contributed by atoms with E-state index in [0.29, 0.717) is 25.7 Å². The van der Waals surface area contributed by atoms with Crippen molar-refractivity contribution in [3.63, 3.8) is 0 Å². The lowest BCUT2D eigenvalue weighted by molar-refractivity contribution is -0.144. The van der Waals surface area contributed by atoms with E-state index in [9.17, 15) is 25.2 Å². The van der Waals surface area contributed by atoms with Gasteiger partial charge in [0.05, 0.1) is 48.6 Å². The summed E-state index contributed by atoms with van der Waals surface area (Å²) in [6, 6.07) is 0. The van der Waals surface area contributed by atoms with E-state index in [4.69, 9.17) is 9.47 Å². The minimum atomic E-state index is -0.483. The van der Waals surface area contributed by atoms with Gasteiger partial charge in [-0.15, -0.1) is 0 Å². The maximum Gasteiger partial charge on any atom is 0.309 e. The first kappa shape index (κ1) is 37.5. The Morgan fingerprint density at radius 3 is 1.57 bits per heavy atom. The molecule has 2 heterocycles. The van der Waals surface area contributed by atoms with Crippen LogP contribution in [0.2, 0.25) is 0 Å². The molecule has 0 amide bonds. The average Bonchev–Trinajstić information content (AvgIpc) is 3.58. The Kier molecular flexibility index (Phi) is 20.3. The molecule has 2 rings (SSSR count). The number of carbonyl (C=O) groups excluding carboxylic acids is 1. The van der Waals surface area contributed by atoms with Gasteiger partial charge in [-0.1, -0.05) is 103 Å². The van der Waals surface area contributed by atoms with Crippen LogP contribution in [0.5, 0.6) is 0 Å². The van der Waals surface area contributed by atoms with Gasteiger partial charge in [0.2, 0.25) is 0 Å². The summed E-state index contributed by atoms with van der Waals surface area (Å²) in [5, 5.41) is 41.7. The van der Waals surface area contributed by atoms with Crippen LogP contribution >= 0.6 is 0 Å². The molecular weight excluding hydrogens is 532 g/mol. The molecule has 2 aliphatic rings. The number of cyclic esters (lactones) is 1. The molecule has 7 nitrogen and oxygen atoms in total. The molecule has 0 aromatic heterocycles. The van der Waals surface area contributed by atoms with E-state index in [0.717, 1.165) is 70.6 Å². The van der Waals surface area contributed by atoms with Gasteiger partial charge in [-0.05, 0) is 64.7 Å². The zero-order valence-corrected chi connectivity index (χ0v) is 27.1. The SMILES string of the molecule is CCCCCCCCCCCCC(O)C1CCC(C(O)CCCCCC(O)CCCCC(O)CC2CC(C)OC2=O)O1. The second kappa shape index (κ2) is 22.7. The summed E-state index contributed by atoms with van der Waals surface area (Å²) in [6.07, 6.45) is 21.9. The number of unbranched alkanes of at least 4 members (excludes halogenated alkanes) is 12. The van der Waals surface area contributed by atoms with Gasteiger partial charge in [-0.3, -0.25) is 4.79 Å². The highest BCUT2D eigenvalue weighted by Gasteiger charge is 2.34. The first-order valence-electron chi connectivity index (χ1n) is 17.9. The van der Waals surface area contributed by atoms with E-state index >= 15 is 0 Å². The fourth-order valence-corrected chi connectivity index (χ4v) is 6.76. The topological polar surface area (TPSA) is 116 Å². The average molecular weight is 599 g/mol. The molecule has 0 aromatic carbocycles. The van der Waals surface area contributed by atoms with Crippen LogP contribution < -0.4 is 0 Å². The van der Waals surface area contributed by atoms with Crippen LogP contribution in [0, 0.1) is 5.92 Å². The minimum Gasteiger partial charge on any atom is -0.462 e. The molecule has 2 aliphatic heterocycles. The fourth-order valence-electron chi connectivity index (χ4n) is 6.76. The number of aliphatic hydroxyl groups is 4. The molecule has 42 heavy (non-hydrogen) atoms. The first-order chi connectivity index (χ1) is 20.3. The Morgan fingerprint density at radius 2 is 1.07 bits per heavy atom. The highest BCUT2D eigenvalue weighted by Crippen LogP contribution is 2.29. The number of hydrogen-bond acceptors (Lipinski definition) is 7. The summed E-state index contributed by atoms with van der Waals surface area (Å²) in [5.74, 6) is -0.357. The number of carbonyl (C=O) groups is 1. The number of rotatable bonds is 26. The molecule has 0 spiro atoms. The van der Waals surface area contributed by atoms with E-state index < -0.39 is 18.3 Å². The molecule has 2 saturated heterocycles. The van der Waals surface area contributed by atoms with Crippen LogP contribution in [0.3, 0.4) is 0 Å². The van der Waals surface area contributed by atoms with Crippen LogP contribution in [0.15, 0.2) is 0 Å². The molecule has 4 N–H and O–H groups in total. The Balaban J connectivity index is 1.40. The number of hydrogen-bond donors (Lipinski definition) is 4. The van der Waals surface area contributed by atoms with E-state index in [-0.39, 0.29) is 36.3 Å². The van der Waals surface area contributed by atoms with Crippen molar-refractivity contribution in [2.24, 2.45) is 5.92 Å². The van der Waals surface area contributed by atoms with Crippen LogP contribution in [-0.2, 0) is 14.3 Å². The summed E-state index contributed by atoms with van der Waals surface area (Å²) in [7, 11) is 0. The highest BCUT2D eigenvalue weighted by molar-refractivity contribution is 5.74. The highest BCUT2D eigenvalue weighted by atomic mass is 16.6. The standard InChI is InChI=1S/C35H66O7/c1-3-4-5-6-7-8-9-10-11-14-21-31(38)33-23-24-34(42-33)32(39)22-15-12-13-18-29(36)19-16-17-20-30(37)26-28-25-27(2)41-35(28)40/h27-34,36-39H,3-26H2,1-2H3. The molecule has 248 valence electrons. The van der Waals surface area contributed by atoms with Gasteiger partial charge in [0.25, 0.3) is 0 Å². The van der Waals surface area contributed by atoms with Gasteiger partial charge in [-0.2, -0.15) is 0 Å². The molecule has 2 fully saturated rings. The van der Waals surface area contributed by atoms with Gasteiger partial charge >= 0.3 is 5.97 Å². The molecule has 0 aromatic rings. The van der Waals surface area contributed by atoms with Crippen molar-refractivity contribution in [2.45, 2.75) is 211 Å². The van der Waals surface area contributed by atoms with E-state index in [2.05, 4.69) is 6.92 Å². The van der Waals surface area contributed by atoms with Crippen LogP contribution in [0.25, 0.3) is 0 Å². The van der Waals surface area contributed by atoms with Crippen LogP contribution in [-0.4, -0.2) is 69.1 Å². The summed E-state index contributed by atoms with van der Waals surface area (Å²) in [4.78, 5) is 11.7. The Labute approximate surface area is 257 Å². The van der Waals surface area contributed by atoms with E-state index in [1.54, 1.807) is 0 Å². The minimum absolute atomic E-state index is 0.0422. The van der Waals surface area contributed by atoms with Gasteiger partial charge < -0.3 is 29.9 Å². The zero-order chi connectivity index (χ0) is 30.6. The van der Waals surface area contributed by atoms with Crippen molar-refractivity contribution >= 4 is 5.97 Å². The lowest BCUT2D eigenvalue weighted by Gasteiger charge is -2.22. The monoisotopic (exact) mass is 598 g/mol. The second-order valence-corrected chi connectivity index (χ2v) is 13.5. The summed E-state index contributed by atoms with van der Waals surface area (Å²) in [5.41, 5.74) is 0. The molecule has 0 radical (unpaired) electrons. The normalized spacial score (nSPS) is 25.4. The first-order valence-corrected chi connectivity index (χ1v) is 17.9. The Morgan fingerprint density at radius 1 is 0.643 bits per heavy atom. The predicted molar refractivity (Wildman–Crippen MR) is 168 cm³/mol. The largest absolute Gasteiger partial charge is 0.462 e. The van der Waals surface area contributed by atoms with Crippen LogP contribution in [0.1, 0.15) is 168 Å². The maximum absolute atomic E-state index is 11.7. The van der Waals surface area contributed by atoms with Gasteiger partial charge in [0.1, 0.15) is 0 Å². The molecule has 0 saturated carbocycles.